The first-order valence-corrected chi connectivity index (χ1v) is 11.5. The molecule has 5 nitrogen and oxygen atoms in total. The van der Waals surface area contributed by atoms with Crippen LogP contribution in [-0.2, 0) is 19.4 Å². The van der Waals surface area contributed by atoms with E-state index in [9.17, 15) is 5.21 Å². The number of hydrogen-bond acceptors (Lipinski definition) is 5. The van der Waals surface area contributed by atoms with E-state index in [1.807, 2.05) is 36.6 Å². The monoisotopic (exact) mass is 599 g/mol. The van der Waals surface area contributed by atoms with Gasteiger partial charge >= 0.3 is 188 Å². The predicted molar refractivity (Wildman–Crippen MR) is 110 cm³/mol. The molecule has 1 aromatic carbocycles. The third-order valence-corrected chi connectivity index (χ3v) is 6.18. The molecule has 28 heavy (non-hydrogen) atoms. The number of hydrogen-bond donors (Lipinski definition) is 1. The Morgan fingerprint density at radius 2 is 1.93 bits per heavy atom. The van der Waals surface area contributed by atoms with E-state index in [-0.39, 0.29) is 16.4 Å². The molecular formula is C19H13Cl2N4OSW-. The van der Waals surface area contributed by atoms with Gasteiger partial charge in [0.15, 0.2) is 0 Å². The number of allylic oxidation sites excluding steroid dienone is 3. The number of thioether (sulfide) groups is 1. The van der Waals surface area contributed by atoms with Crippen LogP contribution < -0.4 is 0 Å². The van der Waals surface area contributed by atoms with Gasteiger partial charge in [-0.15, -0.1) is 0 Å². The molecule has 0 unspecified atom stereocenters. The Morgan fingerprint density at radius 1 is 1.21 bits per heavy atom. The summed E-state index contributed by atoms with van der Waals surface area (Å²) in [6.07, 6.45) is 3.51. The summed E-state index contributed by atoms with van der Waals surface area (Å²) >= 11 is 14.9. The Kier molecular flexibility index (Phi) is 6.89. The molecule has 0 radical (unpaired) electrons. The van der Waals surface area contributed by atoms with E-state index < -0.39 is 0 Å². The molecule has 0 saturated heterocycles. The SMILES string of the molecule is [CH-]=C(Cl)/C(=C(/Cl)[CH]=[W])c1nc(-c2ccccc2)c(-c2ccnc(SC)n2)n1O. The van der Waals surface area contributed by atoms with Gasteiger partial charge in [0, 0.05) is 0 Å². The average Bonchev–Trinajstić information content (AvgIpc) is 3.05. The van der Waals surface area contributed by atoms with Crippen LogP contribution in [0.5, 0.6) is 0 Å². The van der Waals surface area contributed by atoms with Crippen LogP contribution in [-0.4, -0.2) is 35.5 Å². The van der Waals surface area contributed by atoms with E-state index in [1.54, 1.807) is 16.7 Å². The molecule has 0 fully saturated rings. The zero-order valence-corrected chi connectivity index (χ0v) is 19.8. The van der Waals surface area contributed by atoms with Crippen LogP contribution in [0.2, 0.25) is 0 Å². The maximum absolute atomic E-state index is 11.0. The van der Waals surface area contributed by atoms with Gasteiger partial charge in [0.05, 0.1) is 0 Å². The molecule has 0 bridgehead atoms. The van der Waals surface area contributed by atoms with Gasteiger partial charge in [-0.25, -0.2) is 0 Å². The fourth-order valence-electron chi connectivity index (χ4n) is 2.56. The van der Waals surface area contributed by atoms with Crippen molar-refractivity contribution in [2.24, 2.45) is 0 Å². The molecule has 0 spiro atoms. The standard InChI is InChI=1S/C19H13Cl2N4OS.W/c1-11(20)15(12(2)21)18-24-16(13-7-5-4-6-8-13)17(25(18)26)14-9-10-22-19(23-14)27-3;/h1-2,4-10,26H,3H3;/q-1;/b15-11-;. The van der Waals surface area contributed by atoms with Crippen LogP contribution in [0.3, 0.4) is 0 Å². The summed E-state index contributed by atoms with van der Waals surface area (Å²) in [5.74, 6) is 0.133. The van der Waals surface area contributed by atoms with Gasteiger partial charge in [0.1, 0.15) is 0 Å². The predicted octanol–water partition coefficient (Wildman–Crippen LogP) is 4.82. The maximum atomic E-state index is 11.0. The quantitative estimate of drug-likeness (QED) is 0.145. The van der Waals surface area contributed by atoms with Gasteiger partial charge in [0.25, 0.3) is 0 Å². The molecule has 1 N–H and O–H groups in total. The normalized spacial score (nSPS) is 11.8. The summed E-state index contributed by atoms with van der Waals surface area (Å²) in [4.78, 5) is 13.3. The fourth-order valence-corrected chi connectivity index (χ4v) is 3.76. The van der Waals surface area contributed by atoms with Crippen LogP contribution >= 0.6 is 35.0 Å². The molecule has 3 rings (SSSR count). The first-order chi connectivity index (χ1) is 13.5. The van der Waals surface area contributed by atoms with E-state index in [0.717, 1.165) is 29.6 Å². The summed E-state index contributed by atoms with van der Waals surface area (Å²) in [5.41, 5.74) is 2.47. The topological polar surface area (TPSA) is 63.8 Å². The Bertz CT molecular complexity index is 1080. The fraction of sp³-hybridized carbons (Fsp3) is 0.0526. The minimum atomic E-state index is -0.0681. The molecule has 2 heterocycles. The summed E-state index contributed by atoms with van der Waals surface area (Å²) in [6.45, 7) is 5.83. The molecular weight excluding hydrogens is 587 g/mol. The molecule has 0 aliphatic heterocycles. The second-order valence-corrected chi connectivity index (χ2v) is 7.86. The molecule has 3 aromatic rings. The molecule has 0 saturated carbocycles. The Morgan fingerprint density at radius 3 is 2.54 bits per heavy atom. The average molecular weight is 600 g/mol. The van der Waals surface area contributed by atoms with Crippen molar-refractivity contribution in [2.75, 3.05) is 6.26 Å². The van der Waals surface area contributed by atoms with Crippen molar-refractivity contribution in [3.63, 3.8) is 0 Å². The Labute approximate surface area is 187 Å². The first-order valence-electron chi connectivity index (χ1n) is 7.86. The van der Waals surface area contributed by atoms with Crippen LogP contribution in [0.1, 0.15) is 5.82 Å². The Hall–Kier alpha value is -1.72. The van der Waals surface area contributed by atoms with Crippen molar-refractivity contribution in [2.45, 2.75) is 5.16 Å². The van der Waals surface area contributed by atoms with E-state index >= 15 is 0 Å². The van der Waals surface area contributed by atoms with Crippen molar-refractivity contribution < 1.29 is 24.6 Å². The first kappa shape index (κ1) is 21.0. The van der Waals surface area contributed by atoms with Gasteiger partial charge in [-0.1, -0.05) is 0 Å². The molecule has 0 amide bonds. The molecule has 2 aromatic heterocycles. The number of rotatable bonds is 6. The number of halogens is 2. The number of benzene rings is 1. The number of aromatic nitrogens is 4. The third kappa shape index (κ3) is 4.15. The van der Waals surface area contributed by atoms with Crippen LogP contribution in [0.4, 0.5) is 0 Å². The van der Waals surface area contributed by atoms with Gasteiger partial charge in [0.2, 0.25) is 0 Å². The number of nitrogens with zero attached hydrogens (tertiary/aromatic N) is 4. The third-order valence-electron chi connectivity index (χ3n) is 3.77. The van der Waals surface area contributed by atoms with E-state index in [2.05, 4.69) is 15.0 Å². The molecule has 0 aliphatic rings. The van der Waals surface area contributed by atoms with Crippen molar-refractivity contribution >= 4 is 44.9 Å². The van der Waals surface area contributed by atoms with Crippen molar-refractivity contribution in [3.8, 4) is 22.6 Å². The molecule has 9 heteroatoms. The molecule has 142 valence electrons. The van der Waals surface area contributed by atoms with Gasteiger partial charge in [-0.05, 0) is 0 Å². The van der Waals surface area contributed by atoms with Crippen molar-refractivity contribution in [1.29, 1.82) is 0 Å². The zero-order valence-electron chi connectivity index (χ0n) is 14.5. The van der Waals surface area contributed by atoms with Crippen LogP contribution in [0.25, 0.3) is 28.2 Å². The minimum absolute atomic E-state index is 0.0681. The van der Waals surface area contributed by atoms with Gasteiger partial charge in [-0.2, -0.15) is 0 Å². The second kappa shape index (κ2) is 9.18. The van der Waals surface area contributed by atoms with E-state index in [0.29, 0.717) is 27.3 Å². The Balaban J connectivity index is 2.36. The summed E-state index contributed by atoms with van der Waals surface area (Å²) in [6, 6.07) is 11.2. The second-order valence-electron chi connectivity index (χ2n) is 5.43. The summed E-state index contributed by atoms with van der Waals surface area (Å²) in [7, 11) is 0. The van der Waals surface area contributed by atoms with Crippen LogP contribution in [0.15, 0.2) is 57.8 Å². The summed E-state index contributed by atoms with van der Waals surface area (Å²) in [5, 5.41) is 11.8. The van der Waals surface area contributed by atoms with Crippen molar-refractivity contribution in [1.82, 2.24) is 19.7 Å². The van der Waals surface area contributed by atoms with Crippen molar-refractivity contribution in [3.05, 3.63) is 65.1 Å². The van der Waals surface area contributed by atoms with E-state index in [4.69, 9.17) is 29.8 Å². The molecule has 0 atom stereocenters. The van der Waals surface area contributed by atoms with Crippen LogP contribution in [0, 0.1) is 6.58 Å². The zero-order chi connectivity index (χ0) is 20.3. The van der Waals surface area contributed by atoms with Gasteiger partial charge in [-0.3, -0.25) is 0 Å². The van der Waals surface area contributed by atoms with Gasteiger partial charge < -0.3 is 0 Å². The molecule has 0 aliphatic carbocycles. The summed E-state index contributed by atoms with van der Waals surface area (Å²) < 4.78 is 2.62. The number of imidazole rings is 1. The van der Waals surface area contributed by atoms with E-state index in [1.165, 1.54) is 11.8 Å².